The molecule has 1 aromatic heterocycles. The third-order valence-corrected chi connectivity index (χ3v) is 5.18. The normalized spacial score (nSPS) is 23.0. The summed E-state index contributed by atoms with van der Waals surface area (Å²) >= 11 is 0. The SMILES string of the molecule is Cc1ccc2c(c1)CC[C@@H](C(=O)N1CCC[C@@H](Cn3cncn3)C1)O2. The second-order valence-electron chi connectivity index (χ2n) is 7.17. The fourth-order valence-corrected chi connectivity index (χ4v) is 3.90. The van der Waals surface area contributed by atoms with Crippen molar-refractivity contribution in [1.82, 2.24) is 19.7 Å². The number of aromatic nitrogens is 3. The van der Waals surface area contributed by atoms with Gasteiger partial charge in [0.25, 0.3) is 5.91 Å². The van der Waals surface area contributed by atoms with E-state index >= 15 is 0 Å². The second-order valence-corrected chi connectivity index (χ2v) is 7.17. The van der Waals surface area contributed by atoms with Crippen LogP contribution in [0, 0.1) is 12.8 Å². The summed E-state index contributed by atoms with van der Waals surface area (Å²) in [5.41, 5.74) is 2.45. The number of ether oxygens (including phenoxy) is 1. The fourth-order valence-electron chi connectivity index (χ4n) is 3.90. The van der Waals surface area contributed by atoms with E-state index in [-0.39, 0.29) is 12.0 Å². The molecule has 0 N–H and O–H groups in total. The van der Waals surface area contributed by atoms with Gasteiger partial charge in [-0.3, -0.25) is 9.48 Å². The van der Waals surface area contributed by atoms with Gasteiger partial charge in [0.15, 0.2) is 6.10 Å². The predicted octanol–water partition coefficient (Wildman–Crippen LogP) is 2.22. The Labute approximate surface area is 147 Å². The third kappa shape index (κ3) is 3.52. The van der Waals surface area contributed by atoms with E-state index in [4.69, 9.17) is 4.74 Å². The van der Waals surface area contributed by atoms with E-state index in [0.717, 1.165) is 51.1 Å². The van der Waals surface area contributed by atoms with Gasteiger partial charge in [0, 0.05) is 19.6 Å². The Balaban J connectivity index is 1.39. The molecule has 1 fully saturated rings. The van der Waals surface area contributed by atoms with Crippen LogP contribution in [-0.2, 0) is 17.8 Å². The number of amides is 1. The number of carbonyl (C=O) groups excluding carboxylic acids is 1. The molecule has 0 spiro atoms. The summed E-state index contributed by atoms with van der Waals surface area (Å²) in [6.45, 7) is 4.50. The van der Waals surface area contributed by atoms with Gasteiger partial charge < -0.3 is 9.64 Å². The van der Waals surface area contributed by atoms with Crippen molar-refractivity contribution < 1.29 is 9.53 Å². The lowest BCUT2D eigenvalue weighted by Gasteiger charge is -2.36. The number of aryl methyl sites for hydroxylation is 2. The van der Waals surface area contributed by atoms with Crippen LogP contribution >= 0.6 is 0 Å². The molecule has 2 atom stereocenters. The van der Waals surface area contributed by atoms with Crippen molar-refractivity contribution in [3.63, 3.8) is 0 Å². The maximum Gasteiger partial charge on any atom is 0.263 e. The molecule has 3 heterocycles. The largest absolute Gasteiger partial charge is 0.480 e. The second kappa shape index (κ2) is 6.86. The number of likely N-dealkylation sites (tertiary alicyclic amines) is 1. The number of rotatable bonds is 3. The lowest BCUT2D eigenvalue weighted by Crippen LogP contribution is -2.48. The van der Waals surface area contributed by atoms with E-state index < -0.39 is 0 Å². The third-order valence-electron chi connectivity index (χ3n) is 5.18. The summed E-state index contributed by atoms with van der Waals surface area (Å²) in [7, 11) is 0. The lowest BCUT2D eigenvalue weighted by molar-refractivity contribution is -0.141. The minimum Gasteiger partial charge on any atom is -0.480 e. The number of carbonyl (C=O) groups is 1. The summed E-state index contributed by atoms with van der Waals surface area (Å²) in [5, 5.41) is 4.18. The van der Waals surface area contributed by atoms with Gasteiger partial charge in [-0.25, -0.2) is 4.98 Å². The molecule has 4 rings (SSSR count). The van der Waals surface area contributed by atoms with Gasteiger partial charge in [-0.15, -0.1) is 0 Å². The highest BCUT2D eigenvalue weighted by atomic mass is 16.5. The molecule has 0 bridgehead atoms. The van der Waals surface area contributed by atoms with Gasteiger partial charge in [-0.2, -0.15) is 5.10 Å². The maximum atomic E-state index is 12.9. The molecule has 1 saturated heterocycles. The zero-order valence-electron chi connectivity index (χ0n) is 14.6. The zero-order valence-corrected chi connectivity index (χ0v) is 14.6. The zero-order chi connectivity index (χ0) is 17.2. The first-order valence-electron chi connectivity index (χ1n) is 9.06. The monoisotopic (exact) mass is 340 g/mol. The van der Waals surface area contributed by atoms with Crippen molar-refractivity contribution in [3.8, 4) is 5.75 Å². The van der Waals surface area contributed by atoms with E-state index in [1.165, 1.54) is 11.1 Å². The number of benzene rings is 1. The molecule has 2 aromatic rings. The number of hydrogen-bond donors (Lipinski definition) is 0. The van der Waals surface area contributed by atoms with Crippen molar-refractivity contribution in [2.45, 2.75) is 45.3 Å². The van der Waals surface area contributed by atoms with Crippen molar-refractivity contribution in [2.75, 3.05) is 13.1 Å². The van der Waals surface area contributed by atoms with Crippen LogP contribution < -0.4 is 4.74 Å². The topological polar surface area (TPSA) is 60.2 Å². The summed E-state index contributed by atoms with van der Waals surface area (Å²) in [4.78, 5) is 18.9. The van der Waals surface area contributed by atoms with E-state index in [0.29, 0.717) is 5.92 Å². The molecule has 6 nitrogen and oxygen atoms in total. The maximum absolute atomic E-state index is 12.9. The van der Waals surface area contributed by atoms with E-state index in [1.54, 1.807) is 12.7 Å². The molecule has 1 amide bonds. The first kappa shape index (κ1) is 16.1. The molecule has 0 saturated carbocycles. The summed E-state index contributed by atoms with van der Waals surface area (Å²) < 4.78 is 7.88. The molecule has 0 aliphatic carbocycles. The van der Waals surface area contributed by atoms with Crippen LogP contribution in [0.1, 0.15) is 30.4 Å². The molecule has 1 aromatic carbocycles. The van der Waals surface area contributed by atoms with Crippen molar-refractivity contribution >= 4 is 5.91 Å². The predicted molar refractivity (Wildman–Crippen MR) is 93.2 cm³/mol. The van der Waals surface area contributed by atoms with Crippen molar-refractivity contribution in [2.24, 2.45) is 5.92 Å². The fraction of sp³-hybridized carbons (Fsp3) is 0.526. The Morgan fingerprint density at radius 1 is 1.36 bits per heavy atom. The Hall–Kier alpha value is -2.37. The van der Waals surface area contributed by atoms with E-state index in [2.05, 4.69) is 23.1 Å². The Bertz CT molecular complexity index is 744. The number of nitrogens with zero attached hydrogens (tertiary/aromatic N) is 4. The Morgan fingerprint density at radius 2 is 2.28 bits per heavy atom. The van der Waals surface area contributed by atoms with Gasteiger partial charge >= 0.3 is 0 Å². The van der Waals surface area contributed by atoms with Crippen LogP contribution in [0.15, 0.2) is 30.9 Å². The number of fused-ring (bicyclic) bond motifs is 1. The number of piperidine rings is 1. The van der Waals surface area contributed by atoms with Gasteiger partial charge in [-0.05, 0) is 50.2 Å². The molecule has 0 radical (unpaired) electrons. The molecule has 25 heavy (non-hydrogen) atoms. The Kier molecular flexibility index (Phi) is 4.42. The molecule has 132 valence electrons. The van der Waals surface area contributed by atoms with Gasteiger partial charge in [0.2, 0.25) is 0 Å². The molecule has 2 aliphatic rings. The van der Waals surface area contributed by atoms with Crippen molar-refractivity contribution in [1.29, 1.82) is 0 Å². The van der Waals surface area contributed by atoms with Gasteiger partial charge in [0.1, 0.15) is 18.4 Å². The summed E-state index contributed by atoms with van der Waals surface area (Å²) in [5.74, 6) is 1.43. The van der Waals surface area contributed by atoms with Crippen LogP contribution in [0.3, 0.4) is 0 Å². The number of hydrogen-bond acceptors (Lipinski definition) is 4. The molecule has 0 unspecified atom stereocenters. The van der Waals surface area contributed by atoms with E-state index in [1.807, 2.05) is 21.7 Å². The summed E-state index contributed by atoms with van der Waals surface area (Å²) in [6.07, 6.45) is 6.78. The van der Waals surface area contributed by atoms with E-state index in [9.17, 15) is 4.79 Å². The van der Waals surface area contributed by atoms with Crippen molar-refractivity contribution in [3.05, 3.63) is 42.0 Å². The molecule has 6 heteroatoms. The first-order valence-corrected chi connectivity index (χ1v) is 9.06. The quantitative estimate of drug-likeness (QED) is 0.860. The molecular weight excluding hydrogens is 316 g/mol. The average molecular weight is 340 g/mol. The van der Waals surface area contributed by atoms with Gasteiger partial charge in [-0.1, -0.05) is 17.7 Å². The van der Waals surface area contributed by atoms with Gasteiger partial charge in [0.05, 0.1) is 0 Å². The highest BCUT2D eigenvalue weighted by molar-refractivity contribution is 5.81. The minimum absolute atomic E-state index is 0.134. The molecular formula is C19H24N4O2. The van der Waals surface area contributed by atoms with Crippen LogP contribution in [0.5, 0.6) is 5.75 Å². The van der Waals surface area contributed by atoms with Crippen LogP contribution in [0.4, 0.5) is 0 Å². The standard InChI is InChI=1S/C19H24N4O2/c1-14-4-6-17-16(9-14)5-7-18(25-17)19(24)22-8-2-3-15(10-22)11-23-13-20-12-21-23/h4,6,9,12-13,15,18H,2-3,5,7-8,10-11H2,1H3/t15-,18+/m1/s1. The van der Waals surface area contributed by atoms with Crippen LogP contribution in [0.25, 0.3) is 0 Å². The smallest absolute Gasteiger partial charge is 0.263 e. The molecule has 2 aliphatic heterocycles. The summed E-state index contributed by atoms with van der Waals surface area (Å²) in [6, 6.07) is 6.19. The first-order chi connectivity index (χ1) is 12.2. The Morgan fingerprint density at radius 3 is 3.12 bits per heavy atom. The minimum atomic E-state index is -0.347. The highest BCUT2D eigenvalue weighted by Gasteiger charge is 2.32. The lowest BCUT2D eigenvalue weighted by atomic mass is 9.96. The van der Waals surface area contributed by atoms with Crippen LogP contribution in [0.2, 0.25) is 0 Å². The highest BCUT2D eigenvalue weighted by Crippen LogP contribution is 2.30. The average Bonchev–Trinajstić information content (AvgIpc) is 3.14. The van der Waals surface area contributed by atoms with Crippen LogP contribution in [-0.4, -0.2) is 44.8 Å².